The van der Waals surface area contributed by atoms with Gasteiger partial charge in [0, 0.05) is 44.1 Å². The van der Waals surface area contributed by atoms with Gasteiger partial charge in [0.15, 0.2) is 0 Å². The van der Waals surface area contributed by atoms with Crippen LogP contribution in [0.5, 0.6) is 0 Å². The lowest BCUT2D eigenvalue weighted by molar-refractivity contribution is -0.114. The molecule has 24 heavy (non-hydrogen) atoms. The predicted molar refractivity (Wildman–Crippen MR) is 94.7 cm³/mol. The molecule has 1 aromatic carbocycles. The molecule has 1 aromatic heterocycles. The third-order valence-corrected chi connectivity index (χ3v) is 4.08. The molecule has 3 rings (SSSR count). The number of anilines is 2. The van der Waals surface area contributed by atoms with Crippen molar-refractivity contribution in [3.8, 4) is 0 Å². The number of piperidine rings is 1. The topological polar surface area (TPSA) is 70.2 Å². The summed E-state index contributed by atoms with van der Waals surface area (Å²) in [7, 11) is 0. The summed E-state index contributed by atoms with van der Waals surface area (Å²) in [5.41, 5.74) is 2.09. The Morgan fingerprint density at radius 1 is 1.25 bits per heavy atom. The zero-order valence-electron chi connectivity index (χ0n) is 13.9. The number of benzene rings is 1. The van der Waals surface area contributed by atoms with E-state index in [1.165, 1.54) is 12.5 Å². The van der Waals surface area contributed by atoms with Crippen LogP contribution in [-0.2, 0) is 11.3 Å². The van der Waals surface area contributed by atoms with Crippen molar-refractivity contribution in [1.29, 1.82) is 0 Å². The number of nitrogens with zero attached hydrogens (tertiary/aromatic N) is 3. The van der Waals surface area contributed by atoms with E-state index < -0.39 is 0 Å². The molecule has 1 aliphatic rings. The summed E-state index contributed by atoms with van der Waals surface area (Å²) in [6.45, 7) is 4.51. The minimum Gasteiger partial charge on any atom is -0.350 e. The highest BCUT2D eigenvalue weighted by atomic mass is 16.1. The zero-order chi connectivity index (χ0) is 16.8. The molecule has 1 aliphatic heterocycles. The van der Waals surface area contributed by atoms with E-state index in [9.17, 15) is 4.79 Å². The van der Waals surface area contributed by atoms with Gasteiger partial charge in [0.05, 0.1) is 0 Å². The summed E-state index contributed by atoms with van der Waals surface area (Å²) in [5, 5.41) is 6.21. The summed E-state index contributed by atoms with van der Waals surface area (Å²) >= 11 is 0. The zero-order valence-corrected chi connectivity index (χ0v) is 13.9. The molecule has 1 amide bonds. The molecule has 1 unspecified atom stereocenters. The van der Waals surface area contributed by atoms with Gasteiger partial charge in [-0.15, -0.1) is 0 Å². The number of amides is 1. The Morgan fingerprint density at radius 3 is 2.71 bits per heavy atom. The number of rotatable bonds is 5. The minimum atomic E-state index is -0.0455. The standard InChI is InChI=1S/C18H23N5O/c1-14(24)21-16-7-5-15(6-8-16)12-23-11-2-4-17(13-23)22-18-19-9-3-10-20-18/h3,5-10,17H,2,4,11-13H2,1H3,(H,21,24)(H,19,20,22). The SMILES string of the molecule is CC(=O)Nc1ccc(CN2CCCC(Nc3ncccn3)C2)cc1. The van der Waals surface area contributed by atoms with Gasteiger partial charge in [0.1, 0.15) is 0 Å². The van der Waals surface area contributed by atoms with E-state index in [1.54, 1.807) is 12.4 Å². The summed E-state index contributed by atoms with van der Waals surface area (Å²) in [5.74, 6) is 0.653. The maximum Gasteiger partial charge on any atom is 0.222 e. The van der Waals surface area contributed by atoms with Crippen molar-refractivity contribution < 1.29 is 4.79 Å². The van der Waals surface area contributed by atoms with Crippen LogP contribution in [0.25, 0.3) is 0 Å². The lowest BCUT2D eigenvalue weighted by Crippen LogP contribution is -2.41. The van der Waals surface area contributed by atoms with Gasteiger partial charge in [-0.3, -0.25) is 9.69 Å². The second kappa shape index (κ2) is 7.88. The average Bonchev–Trinajstić information content (AvgIpc) is 2.57. The molecule has 2 aromatic rings. The van der Waals surface area contributed by atoms with E-state index in [0.717, 1.165) is 38.2 Å². The van der Waals surface area contributed by atoms with Crippen LogP contribution in [0.2, 0.25) is 0 Å². The highest BCUT2D eigenvalue weighted by molar-refractivity contribution is 5.88. The van der Waals surface area contributed by atoms with E-state index in [0.29, 0.717) is 12.0 Å². The van der Waals surface area contributed by atoms with Crippen molar-refractivity contribution in [1.82, 2.24) is 14.9 Å². The first-order valence-corrected chi connectivity index (χ1v) is 8.31. The average molecular weight is 325 g/mol. The maximum atomic E-state index is 11.1. The molecule has 1 fully saturated rings. The molecule has 0 bridgehead atoms. The monoisotopic (exact) mass is 325 g/mol. The van der Waals surface area contributed by atoms with E-state index in [4.69, 9.17) is 0 Å². The molecular formula is C18H23N5O. The molecule has 126 valence electrons. The third-order valence-electron chi connectivity index (χ3n) is 4.08. The Labute approximate surface area is 142 Å². The van der Waals surface area contributed by atoms with Gasteiger partial charge in [0.2, 0.25) is 11.9 Å². The number of carbonyl (C=O) groups is 1. The second-order valence-corrected chi connectivity index (χ2v) is 6.17. The first kappa shape index (κ1) is 16.4. The third kappa shape index (κ3) is 4.76. The number of hydrogen-bond donors (Lipinski definition) is 2. The molecule has 2 N–H and O–H groups in total. The van der Waals surface area contributed by atoms with Crippen LogP contribution < -0.4 is 10.6 Å². The van der Waals surface area contributed by atoms with E-state index in [-0.39, 0.29) is 5.91 Å². The Hall–Kier alpha value is -2.47. The molecule has 2 heterocycles. The highest BCUT2D eigenvalue weighted by Gasteiger charge is 2.20. The van der Waals surface area contributed by atoms with Crippen molar-refractivity contribution in [2.24, 2.45) is 0 Å². The Morgan fingerprint density at radius 2 is 2.00 bits per heavy atom. The van der Waals surface area contributed by atoms with Gasteiger partial charge in [-0.25, -0.2) is 9.97 Å². The quantitative estimate of drug-likeness (QED) is 0.884. The predicted octanol–water partition coefficient (Wildman–Crippen LogP) is 2.51. The summed E-state index contributed by atoms with van der Waals surface area (Å²) in [6.07, 6.45) is 5.81. The second-order valence-electron chi connectivity index (χ2n) is 6.17. The fraction of sp³-hybridized carbons (Fsp3) is 0.389. The van der Waals surface area contributed by atoms with Gasteiger partial charge in [-0.2, -0.15) is 0 Å². The van der Waals surface area contributed by atoms with Crippen LogP contribution in [-0.4, -0.2) is 39.9 Å². The van der Waals surface area contributed by atoms with Crippen LogP contribution in [0.3, 0.4) is 0 Å². The van der Waals surface area contributed by atoms with Crippen LogP contribution in [0.4, 0.5) is 11.6 Å². The molecule has 0 aliphatic carbocycles. The number of likely N-dealkylation sites (tertiary alicyclic amines) is 1. The first-order chi connectivity index (χ1) is 11.7. The van der Waals surface area contributed by atoms with Crippen LogP contribution in [0.1, 0.15) is 25.3 Å². The Bertz CT molecular complexity index is 659. The number of hydrogen-bond acceptors (Lipinski definition) is 5. The first-order valence-electron chi connectivity index (χ1n) is 8.31. The van der Waals surface area contributed by atoms with Gasteiger partial charge in [-0.1, -0.05) is 12.1 Å². The maximum absolute atomic E-state index is 11.1. The Balaban J connectivity index is 1.54. The number of nitrogens with one attached hydrogen (secondary N) is 2. The molecular weight excluding hydrogens is 302 g/mol. The molecule has 0 radical (unpaired) electrons. The largest absolute Gasteiger partial charge is 0.350 e. The highest BCUT2D eigenvalue weighted by Crippen LogP contribution is 2.17. The van der Waals surface area contributed by atoms with Crippen molar-refractivity contribution in [2.75, 3.05) is 23.7 Å². The molecule has 1 atom stereocenters. The number of carbonyl (C=O) groups excluding carboxylic acids is 1. The smallest absolute Gasteiger partial charge is 0.222 e. The van der Waals surface area contributed by atoms with Gasteiger partial charge < -0.3 is 10.6 Å². The minimum absolute atomic E-state index is 0.0455. The molecule has 0 spiro atoms. The summed E-state index contributed by atoms with van der Waals surface area (Å²) in [4.78, 5) is 22.0. The Kier molecular flexibility index (Phi) is 5.38. The molecule has 0 saturated carbocycles. The van der Waals surface area contributed by atoms with E-state index in [2.05, 4.69) is 37.6 Å². The van der Waals surface area contributed by atoms with E-state index >= 15 is 0 Å². The fourth-order valence-electron chi connectivity index (χ4n) is 3.03. The van der Waals surface area contributed by atoms with Gasteiger partial charge >= 0.3 is 0 Å². The van der Waals surface area contributed by atoms with Crippen molar-refractivity contribution in [2.45, 2.75) is 32.4 Å². The van der Waals surface area contributed by atoms with Gasteiger partial charge in [0.25, 0.3) is 0 Å². The van der Waals surface area contributed by atoms with Crippen LogP contribution in [0.15, 0.2) is 42.7 Å². The fourth-order valence-corrected chi connectivity index (χ4v) is 3.03. The van der Waals surface area contributed by atoms with E-state index in [1.807, 2.05) is 18.2 Å². The lowest BCUT2D eigenvalue weighted by atomic mass is 10.0. The normalized spacial score (nSPS) is 18.1. The van der Waals surface area contributed by atoms with Crippen molar-refractivity contribution >= 4 is 17.5 Å². The molecule has 6 heteroatoms. The molecule has 1 saturated heterocycles. The number of aromatic nitrogens is 2. The van der Waals surface area contributed by atoms with Crippen LogP contribution in [0, 0.1) is 0 Å². The molecule has 6 nitrogen and oxygen atoms in total. The lowest BCUT2D eigenvalue weighted by Gasteiger charge is -2.33. The summed E-state index contributed by atoms with van der Waals surface area (Å²) in [6, 6.07) is 10.2. The van der Waals surface area contributed by atoms with Crippen molar-refractivity contribution in [3.05, 3.63) is 48.3 Å². The van der Waals surface area contributed by atoms with Gasteiger partial charge in [-0.05, 0) is 43.1 Å². The van der Waals surface area contributed by atoms with Crippen LogP contribution >= 0.6 is 0 Å². The summed E-state index contributed by atoms with van der Waals surface area (Å²) < 4.78 is 0. The van der Waals surface area contributed by atoms with Crippen molar-refractivity contribution in [3.63, 3.8) is 0 Å².